The van der Waals surface area contributed by atoms with Gasteiger partial charge in [-0.05, 0) is 12.8 Å². The fraction of sp³-hybridized carbons (Fsp3) is 0.714. The fourth-order valence-electron chi connectivity index (χ4n) is 1.80. The first-order valence-electron chi connectivity index (χ1n) is 6.36. The van der Waals surface area contributed by atoms with Crippen LogP contribution in [0.3, 0.4) is 0 Å². The molecule has 1 heterocycles. The Morgan fingerprint density at radius 3 is 2.35 bits per heavy atom. The summed E-state index contributed by atoms with van der Waals surface area (Å²) >= 11 is 0. The smallest absolute Gasteiger partial charge is 0.197 e. The van der Waals surface area contributed by atoms with Gasteiger partial charge in [0.1, 0.15) is 11.5 Å². The summed E-state index contributed by atoms with van der Waals surface area (Å²) in [5.74, 6) is 2.01. The Hall–Kier alpha value is -1.12. The van der Waals surface area contributed by atoms with Gasteiger partial charge in [-0.15, -0.1) is 0 Å². The van der Waals surface area contributed by atoms with Gasteiger partial charge in [0.25, 0.3) is 0 Å². The average Bonchev–Trinajstić information content (AvgIpc) is 2.92. The van der Waals surface area contributed by atoms with Crippen molar-refractivity contribution in [2.24, 2.45) is 5.92 Å². The highest BCUT2D eigenvalue weighted by atomic mass is 16.4. The average molecular weight is 235 g/mol. The number of oxazole rings is 1. The Morgan fingerprint density at radius 2 is 1.94 bits per heavy atom. The molecule has 1 aromatic heterocycles. The number of rotatable bonds is 3. The molecule has 1 aliphatic rings. The minimum atomic E-state index is -0.167. The summed E-state index contributed by atoms with van der Waals surface area (Å²) in [6, 6.07) is 0. The lowest BCUT2D eigenvalue weighted by atomic mass is 9.90. The van der Waals surface area contributed by atoms with E-state index >= 15 is 0 Å². The van der Waals surface area contributed by atoms with Crippen molar-refractivity contribution in [2.45, 2.75) is 58.8 Å². The minimum Gasteiger partial charge on any atom is -0.444 e. The van der Waals surface area contributed by atoms with Crippen LogP contribution in [-0.2, 0) is 5.41 Å². The van der Waals surface area contributed by atoms with Gasteiger partial charge in [-0.2, -0.15) is 0 Å². The monoisotopic (exact) mass is 235 g/mol. The maximum Gasteiger partial charge on any atom is 0.197 e. The van der Waals surface area contributed by atoms with Crippen molar-refractivity contribution in [1.29, 1.82) is 0 Å². The molecule has 0 aliphatic heterocycles. The molecule has 1 aliphatic carbocycles. The SMILES string of the molecule is CC(C)c1nc(C(=O)C2CC2)c(C(C)(C)C)o1. The van der Waals surface area contributed by atoms with Crippen molar-refractivity contribution in [2.75, 3.05) is 0 Å². The first-order valence-corrected chi connectivity index (χ1v) is 6.36. The molecule has 1 fully saturated rings. The molecule has 0 amide bonds. The third-order valence-electron chi connectivity index (χ3n) is 3.00. The molecule has 0 N–H and O–H groups in total. The van der Waals surface area contributed by atoms with E-state index in [0.29, 0.717) is 11.6 Å². The molecule has 0 saturated heterocycles. The van der Waals surface area contributed by atoms with Gasteiger partial charge in [0.15, 0.2) is 11.7 Å². The fourth-order valence-corrected chi connectivity index (χ4v) is 1.80. The summed E-state index contributed by atoms with van der Waals surface area (Å²) in [5, 5.41) is 0. The van der Waals surface area contributed by atoms with Gasteiger partial charge in [-0.25, -0.2) is 4.98 Å². The van der Waals surface area contributed by atoms with Crippen molar-refractivity contribution in [3.05, 3.63) is 17.3 Å². The van der Waals surface area contributed by atoms with Crippen LogP contribution < -0.4 is 0 Å². The minimum absolute atomic E-state index is 0.167. The second-order valence-electron chi connectivity index (χ2n) is 6.27. The van der Waals surface area contributed by atoms with Crippen LogP contribution in [0.4, 0.5) is 0 Å². The van der Waals surface area contributed by atoms with Crippen LogP contribution >= 0.6 is 0 Å². The number of Topliss-reactive ketones (excluding diaryl/α,β-unsaturated/α-hetero) is 1. The third-order valence-corrected chi connectivity index (χ3v) is 3.00. The molecule has 3 heteroatoms. The van der Waals surface area contributed by atoms with Gasteiger partial charge < -0.3 is 4.42 Å². The molecule has 0 bridgehead atoms. The number of ketones is 1. The Kier molecular flexibility index (Phi) is 2.88. The van der Waals surface area contributed by atoms with E-state index in [1.54, 1.807) is 0 Å². The zero-order valence-electron chi connectivity index (χ0n) is 11.3. The summed E-state index contributed by atoms with van der Waals surface area (Å²) in [6.07, 6.45) is 2.01. The van der Waals surface area contributed by atoms with E-state index in [1.807, 2.05) is 13.8 Å². The van der Waals surface area contributed by atoms with Crippen LogP contribution in [0.25, 0.3) is 0 Å². The predicted molar refractivity (Wildman–Crippen MR) is 66.3 cm³/mol. The number of nitrogens with zero attached hydrogens (tertiary/aromatic N) is 1. The first-order chi connectivity index (χ1) is 7.80. The van der Waals surface area contributed by atoms with Crippen molar-refractivity contribution in [3.63, 3.8) is 0 Å². The van der Waals surface area contributed by atoms with Gasteiger partial charge in [0.05, 0.1) is 0 Å². The predicted octanol–water partition coefficient (Wildman–Crippen LogP) is 3.69. The summed E-state index contributed by atoms with van der Waals surface area (Å²) in [5.41, 5.74) is 0.406. The van der Waals surface area contributed by atoms with Crippen LogP contribution in [0.5, 0.6) is 0 Å². The molecule has 0 radical (unpaired) electrons. The molecule has 17 heavy (non-hydrogen) atoms. The van der Waals surface area contributed by atoms with E-state index in [1.165, 1.54) is 0 Å². The van der Waals surface area contributed by atoms with E-state index < -0.39 is 0 Å². The van der Waals surface area contributed by atoms with E-state index in [4.69, 9.17) is 4.42 Å². The second kappa shape index (κ2) is 3.97. The van der Waals surface area contributed by atoms with Crippen LogP contribution in [-0.4, -0.2) is 10.8 Å². The van der Waals surface area contributed by atoms with Crippen LogP contribution in [0.1, 0.15) is 75.5 Å². The summed E-state index contributed by atoms with van der Waals surface area (Å²) in [6.45, 7) is 10.2. The van der Waals surface area contributed by atoms with Crippen LogP contribution in [0, 0.1) is 5.92 Å². The lowest BCUT2D eigenvalue weighted by Gasteiger charge is -2.15. The Balaban J connectivity index is 2.44. The number of hydrogen-bond acceptors (Lipinski definition) is 3. The number of carbonyl (C=O) groups is 1. The highest BCUT2D eigenvalue weighted by Crippen LogP contribution is 2.37. The van der Waals surface area contributed by atoms with Crippen molar-refractivity contribution < 1.29 is 9.21 Å². The number of aromatic nitrogens is 1. The number of hydrogen-bond donors (Lipinski definition) is 0. The number of carbonyl (C=O) groups excluding carboxylic acids is 1. The van der Waals surface area contributed by atoms with Gasteiger partial charge in [0, 0.05) is 17.3 Å². The molecular weight excluding hydrogens is 214 g/mol. The van der Waals surface area contributed by atoms with Gasteiger partial charge in [-0.1, -0.05) is 34.6 Å². The lowest BCUT2D eigenvalue weighted by Crippen LogP contribution is -2.16. The van der Waals surface area contributed by atoms with Crippen LogP contribution in [0.2, 0.25) is 0 Å². The quantitative estimate of drug-likeness (QED) is 0.750. The van der Waals surface area contributed by atoms with Crippen molar-refractivity contribution >= 4 is 5.78 Å². The zero-order valence-corrected chi connectivity index (χ0v) is 11.3. The normalized spacial score (nSPS) is 16.6. The third kappa shape index (κ3) is 2.43. The zero-order chi connectivity index (χ0) is 12.8. The molecule has 3 nitrogen and oxygen atoms in total. The highest BCUT2D eigenvalue weighted by molar-refractivity contribution is 5.98. The Labute approximate surface area is 103 Å². The van der Waals surface area contributed by atoms with Gasteiger partial charge in [0.2, 0.25) is 0 Å². The van der Waals surface area contributed by atoms with Crippen molar-refractivity contribution in [3.8, 4) is 0 Å². The standard InChI is InChI=1S/C14H21NO2/c1-8(2)13-15-10(11(16)9-6-7-9)12(17-13)14(3,4)5/h8-9H,6-7H2,1-5H3. The molecule has 0 unspecified atom stereocenters. The Morgan fingerprint density at radius 1 is 1.35 bits per heavy atom. The summed E-state index contributed by atoms with van der Waals surface area (Å²) < 4.78 is 5.81. The lowest BCUT2D eigenvalue weighted by molar-refractivity contribution is 0.0959. The molecule has 1 saturated carbocycles. The molecule has 2 rings (SSSR count). The van der Waals surface area contributed by atoms with Gasteiger partial charge >= 0.3 is 0 Å². The van der Waals surface area contributed by atoms with E-state index in [0.717, 1.165) is 18.6 Å². The topological polar surface area (TPSA) is 43.1 Å². The van der Waals surface area contributed by atoms with E-state index in [-0.39, 0.29) is 23.0 Å². The molecule has 94 valence electrons. The maximum atomic E-state index is 12.2. The first kappa shape index (κ1) is 12.3. The highest BCUT2D eigenvalue weighted by Gasteiger charge is 2.37. The molecule has 1 aromatic rings. The summed E-state index contributed by atoms with van der Waals surface area (Å²) in [7, 11) is 0. The van der Waals surface area contributed by atoms with Gasteiger partial charge in [-0.3, -0.25) is 4.79 Å². The molecular formula is C14H21NO2. The second-order valence-corrected chi connectivity index (χ2v) is 6.27. The maximum absolute atomic E-state index is 12.2. The van der Waals surface area contributed by atoms with Crippen molar-refractivity contribution in [1.82, 2.24) is 4.98 Å². The largest absolute Gasteiger partial charge is 0.444 e. The molecule has 0 atom stereocenters. The Bertz CT molecular complexity index is 434. The summed E-state index contributed by atoms with van der Waals surface area (Å²) in [4.78, 5) is 16.6. The van der Waals surface area contributed by atoms with E-state index in [2.05, 4.69) is 25.8 Å². The molecule has 0 spiro atoms. The molecule has 0 aromatic carbocycles. The van der Waals surface area contributed by atoms with Crippen LogP contribution in [0.15, 0.2) is 4.42 Å². The van der Waals surface area contributed by atoms with E-state index in [9.17, 15) is 4.79 Å².